The Morgan fingerprint density at radius 1 is 0.556 bits per heavy atom. The first-order chi connectivity index (χ1) is 22.3. The maximum absolute atomic E-state index is 4.76. The van der Waals surface area contributed by atoms with E-state index in [9.17, 15) is 0 Å². The molecule has 9 aromatic rings. The molecular weight excluding hydrogens is 569 g/mol. The Morgan fingerprint density at radius 3 is 2.24 bits per heavy atom. The molecule has 5 aromatic heterocycles. The van der Waals surface area contributed by atoms with Gasteiger partial charge in [-0.05, 0) is 73.0 Å². The highest BCUT2D eigenvalue weighted by atomic mass is 32.1. The van der Waals surface area contributed by atoms with Crippen LogP contribution in [0.4, 0.5) is 0 Å². The van der Waals surface area contributed by atoms with Gasteiger partial charge in [0.2, 0.25) is 0 Å². The van der Waals surface area contributed by atoms with Crippen molar-refractivity contribution in [3.05, 3.63) is 139 Å². The van der Waals surface area contributed by atoms with Gasteiger partial charge in [-0.2, -0.15) is 0 Å². The predicted molar refractivity (Wildman–Crippen MR) is 189 cm³/mol. The van der Waals surface area contributed by atoms with E-state index in [1.165, 1.54) is 64.2 Å². The summed E-state index contributed by atoms with van der Waals surface area (Å²) in [5.74, 6) is 0. The molecule has 0 amide bonds. The number of benzene rings is 4. The third-order valence-electron chi connectivity index (χ3n) is 9.35. The van der Waals surface area contributed by atoms with Crippen LogP contribution >= 0.6 is 11.3 Å². The first kappa shape index (κ1) is 24.9. The zero-order valence-electron chi connectivity index (χ0n) is 24.3. The van der Waals surface area contributed by atoms with Gasteiger partial charge in [0.15, 0.2) is 0 Å². The summed E-state index contributed by atoms with van der Waals surface area (Å²) in [6, 6.07) is 35.5. The van der Waals surface area contributed by atoms with Crippen molar-refractivity contribution in [3.63, 3.8) is 0 Å². The summed E-state index contributed by atoms with van der Waals surface area (Å²) in [5, 5.41) is 6.30. The molecule has 0 fully saturated rings. The number of pyridine rings is 2. The zero-order valence-corrected chi connectivity index (χ0v) is 25.1. The lowest BCUT2D eigenvalue weighted by Crippen LogP contribution is -2.03. The van der Waals surface area contributed by atoms with Crippen molar-refractivity contribution in [1.82, 2.24) is 19.1 Å². The molecule has 0 bridgehead atoms. The second kappa shape index (κ2) is 9.49. The number of allylic oxidation sites excluding steroid dienone is 1. The summed E-state index contributed by atoms with van der Waals surface area (Å²) in [5.41, 5.74) is 10.8. The summed E-state index contributed by atoms with van der Waals surface area (Å²) in [7, 11) is 0. The minimum absolute atomic E-state index is 1.03. The maximum atomic E-state index is 4.76. The molecule has 0 spiro atoms. The SMILES string of the molecule is C1=Cc2c(n(-c3cncc(-c4ccc5sc6ccc(-n7c8ccccc8c8ccncc87)cc6c5c4)c3)c3ccccc23)CC1. The van der Waals surface area contributed by atoms with Gasteiger partial charge in [0.1, 0.15) is 0 Å². The molecule has 0 atom stereocenters. The summed E-state index contributed by atoms with van der Waals surface area (Å²) < 4.78 is 7.33. The van der Waals surface area contributed by atoms with E-state index >= 15 is 0 Å². The smallest absolute Gasteiger partial charge is 0.0724 e. The van der Waals surface area contributed by atoms with Gasteiger partial charge in [0.25, 0.3) is 0 Å². The fraction of sp³-hybridized carbons (Fsp3) is 0.0500. The molecule has 10 rings (SSSR count). The van der Waals surface area contributed by atoms with Crippen LogP contribution in [0.15, 0.2) is 128 Å². The molecule has 0 aliphatic heterocycles. The molecule has 0 unspecified atom stereocenters. The van der Waals surface area contributed by atoms with Crippen LogP contribution in [0.2, 0.25) is 0 Å². The number of rotatable bonds is 3. The summed E-state index contributed by atoms with van der Waals surface area (Å²) >= 11 is 1.85. The summed E-state index contributed by atoms with van der Waals surface area (Å²) in [6.07, 6.45) is 14.5. The molecule has 5 heterocycles. The minimum atomic E-state index is 1.03. The van der Waals surface area contributed by atoms with Gasteiger partial charge in [-0.1, -0.05) is 54.6 Å². The van der Waals surface area contributed by atoms with Crippen LogP contribution in [0.1, 0.15) is 17.7 Å². The normalized spacial score (nSPS) is 13.1. The molecule has 0 N–H and O–H groups in total. The molecule has 1 aliphatic rings. The van der Waals surface area contributed by atoms with Crippen molar-refractivity contribution < 1.29 is 0 Å². The molecule has 1 aliphatic carbocycles. The number of fused-ring (bicyclic) bond motifs is 9. The third-order valence-corrected chi connectivity index (χ3v) is 10.5. The molecule has 45 heavy (non-hydrogen) atoms. The topological polar surface area (TPSA) is 35.6 Å². The van der Waals surface area contributed by atoms with E-state index < -0.39 is 0 Å². The fourth-order valence-electron chi connectivity index (χ4n) is 7.35. The van der Waals surface area contributed by atoms with Crippen molar-refractivity contribution in [1.29, 1.82) is 0 Å². The Balaban J connectivity index is 1.14. The largest absolute Gasteiger partial charge is 0.311 e. The average Bonchev–Trinajstić information content (AvgIpc) is 3.75. The van der Waals surface area contributed by atoms with Gasteiger partial charge in [-0.25, -0.2) is 0 Å². The molecule has 0 saturated carbocycles. The van der Waals surface area contributed by atoms with Crippen LogP contribution in [0, 0.1) is 0 Å². The monoisotopic (exact) mass is 594 g/mol. The lowest BCUT2D eigenvalue weighted by atomic mass is 10.0. The molecule has 4 nitrogen and oxygen atoms in total. The Kier molecular flexibility index (Phi) is 5.24. The van der Waals surface area contributed by atoms with Crippen LogP contribution in [0.25, 0.3) is 81.5 Å². The van der Waals surface area contributed by atoms with E-state index in [0.717, 1.165) is 35.3 Å². The highest BCUT2D eigenvalue weighted by Crippen LogP contribution is 2.40. The molecule has 0 radical (unpaired) electrons. The first-order valence-electron chi connectivity index (χ1n) is 15.4. The highest BCUT2D eigenvalue weighted by Gasteiger charge is 2.19. The van der Waals surface area contributed by atoms with Gasteiger partial charge in [-0.15, -0.1) is 11.3 Å². The van der Waals surface area contributed by atoms with Crippen LogP contribution in [0.3, 0.4) is 0 Å². The molecule has 0 saturated heterocycles. The van der Waals surface area contributed by atoms with Gasteiger partial charge < -0.3 is 9.13 Å². The second-order valence-corrected chi connectivity index (χ2v) is 12.9. The van der Waals surface area contributed by atoms with Crippen LogP contribution in [-0.4, -0.2) is 19.1 Å². The molecular formula is C40H26N4S. The Morgan fingerprint density at radius 2 is 1.33 bits per heavy atom. The number of hydrogen-bond donors (Lipinski definition) is 0. The predicted octanol–water partition coefficient (Wildman–Crippen LogP) is 10.5. The molecule has 212 valence electrons. The van der Waals surface area contributed by atoms with Crippen LogP contribution in [-0.2, 0) is 6.42 Å². The van der Waals surface area contributed by atoms with Crippen LogP contribution < -0.4 is 0 Å². The minimum Gasteiger partial charge on any atom is -0.311 e. The van der Waals surface area contributed by atoms with E-state index in [4.69, 9.17) is 4.98 Å². The number of nitrogens with zero attached hydrogens (tertiary/aromatic N) is 4. The van der Waals surface area contributed by atoms with Crippen molar-refractivity contribution >= 4 is 70.3 Å². The zero-order chi connectivity index (χ0) is 29.5. The van der Waals surface area contributed by atoms with Crippen molar-refractivity contribution in [2.75, 3.05) is 0 Å². The van der Waals surface area contributed by atoms with Gasteiger partial charge in [0, 0.05) is 71.2 Å². The third kappa shape index (κ3) is 3.65. The van der Waals surface area contributed by atoms with E-state index in [2.05, 4.69) is 123 Å². The lowest BCUT2D eigenvalue weighted by Gasteiger charge is -2.14. The second-order valence-electron chi connectivity index (χ2n) is 11.8. The number of para-hydroxylation sites is 2. The van der Waals surface area contributed by atoms with Gasteiger partial charge >= 0.3 is 0 Å². The maximum Gasteiger partial charge on any atom is 0.0724 e. The van der Waals surface area contributed by atoms with Gasteiger partial charge in [0.05, 0.1) is 34.6 Å². The number of thiophene rings is 1. The van der Waals surface area contributed by atoms with Gasteiger partial charge in [-0.3, -0.25) is 9.97 Å². The van der Waals surface area contributed by atoms with E-state index in [0.29, 0.717) is 0 Å². The summed E-state index contributed by atoms with van der Waals surface area (Å²) in [6.45, 7) is 0. The Bertz CT molecular complexity index is 2610. The Hall–Kier alpha value is -5.52. The fourth-order valence-corrected chi connectivity index (χ4v) is 8.42. The van der Waals surface area contributed by atoms with E-state index in [1.54, 1.807) is 0 Å². The number of hydrogen-bond acceptors (Lipinski definition) is 3. The summed E-state index contributed by atoms with van der Waals surface area (Å²) in [4.78, 5) is 9.24. The van der Waals surface area contributed by atoms with E-state index in [1.807, 2.05) is 36.1 Å². The first-order valence-corrected chi connectivity index (χ1v) is 16.2. The van der Waals surface area contributed by atoms with Crippen molar-refractivity contribution in [2.45, 2.75) is 12.8 Å². The quantitative estimate of drug-likeness (QED) is 0.204. The standard InChI is InChI=1S/C40H26N4S/c1-5-11-36-29(7-1)30-8-2-6-12-37(30)44(36)28-19-26(22-42-23-28)25-13-15-39-33(20-25)34-21-27(14-16-40(34)45-39)43-35-10-4-3-9-31(35)32-17-18-41-24-38(32)43/h1-5,7-11,13-24H,6,12H2. The lowest BCUT2D eigenvalue weighted by molar-refractivity contribution is 0.885. The van der Waals surface area contributed by atoms with E-state index in [-0.39, 0.29) is 0 Å². The highest BCUT2D eigenvalue weighted by molar-refractivity contribution is 7.25. The molecule has 4 aromatic carbocycles. The molecule has 5 heteroatoms. The van der Waals surface area contributed by atoms with Crippen LogP contribution in [0.5, 0.6) is 0 Å². The van der Waals surface area contributed by atoms with Crippen molar-refractivity contribution in [2.24, 2.45) is 0 Å². The Labute approximate surface area is 263 Å². The average molecular weight is 595 g/mol. The van der Waals surface area contributed by atoms with Crippen molar-refractivity contribution in [3.8, 4) is 22.5 Å². The number of aromatic nitrogens is 4.